The second kappa shape index (κ2) is 33.7. The van der Waals surface area contributed by atoms with E-state index in [0.717, 1.165) is 51.4 Å². The number of aliphatic hydroxyl groups is 2. The molecule has 0 saturated carbocycles. The van der Waals surface area contributed by atoms with Gasteiger partial charge in [-0.1, -0.05) is 167 Å². The number of allylic oxidation sites excluding steroid dienone is 2. The molecule has 1 saturated heterocycles. The van der Waals surface area contributed by atoms with Crippen LogP contribution < -0.4 is 0 Å². The summed E-state index contributed by atoms with van der Waals surface area (Å²) in [4.78, 5) is 24.5. The van der Waals surface area contributed by atoms with E-state index in [4.69, 9.17) is 14.2 Å². The van der Waals surface area contributed by atoms with Crippen molar-refractivity contribution in [2.24, 2.45) is 0 Å². The third kappa shape index (κ3) is 27.0. The smallest absolute Gasteiger partial charge is 0.306 e. The maximum atomic E-state index is 12.3. The molecule has 0 amide bonds. The molecule has 1 heterocycles. The van der Waals surface area contributed by atoms with Crippen molar-refractivity contribution in [1.29, 1.82) is 0 Å². The molecule has 288 valence electrons. The molecular weight excluding hydrogens is 616 g/mol. The SMILES string of the molecule is CCCCCCCC/C=C\CCCCCCCC(=O)OC[C@@H](O)[C@H]1OC[C@H](OC(=O)CCCCCCCCCCCCCCCCC)[C@H]1O. The van der Waals surface area contributed by atoms with Gasteiger partial charge in [-0.15, -0.1) is 0 Å². The van der Waals surface area contributed by atoms with Crippen LogP contribution in [0.2, 0.25) is 0 Å². The van der Waals surface area contributed by atoms with E-state index in [2.05, 4.69) is 26.0 Å². The number of hydrogen-bond donors (Lipinski definition) is 2. The highest BCUT2D eigenvalue weighted by Gasteiger charge is 2.42. The summed E-state index contributed by atoms with van der Waals surface area (Å²) in [7, 11) is 0. The first kappa shape index (κ1) is 45.6. The van der Waals surface area contributed by atoms with Crippen molar-refractivity contribution < 1.29 is 34.0 Å². The predicted molar refractivity (Wildman–Crippen MR) is 202 cm³/mol. The van der Waals surface area contributed by atoms with E-state index in [1.165, 1.54) is 128 Å². The van der Waals surface area contributed by atoms with Crippen LogP contribution in [0.4, 0.5) is 0 Å². The molecule has 0 unspecified atom stereocenters. The number of carbonyl (C=O) groups is 2. The summed E-state index contributed by atoms with van der Waals surface area (Å²) in [6.45, 7) is 4.30. The van der Waals surface area contributed by atoms with Gasteiger partial charge in [0.1, 0.15) is 24.9 Å². The fourth-order valence-electron chi connectivity index (χ4n) is 6.61. The quantitative estimate of drug-likeness (QED) is 0.0387. The Morgan fingerprint density at radius 2 is 1.00 bits per heavy atom. The third-order valence-corrected chi connectivity index (χ3v) is 9.87. The first-order valence-corrected chi connectivity index (χ1v) is 21.0. The zero-order valence-electron chi connectivity index (χ0n) is 32.0. The van der Waals surface area contributed by atoms with E-state index < -0.39 is 24.4 Å². The topological polar surface area (TPSA) is 102 Å². The zero-order valence-corrected chi connectivity index (χ0v) is 32.0. The largest absolute Gasteiger partial charge is 0.463 e. The van der Waals surface area contributed by atoms with Crippen molar-refractivity contribution >= 4 is 11.9 Å². The van der Waals surface area contributed by atoms with Gasteiger partial charge in [0.05, 0.1) is 6.61 Å². The minimum Gasteiger partial charge on any atom is -0.463 e. The number of ether oxygens (including phenoxy) is 3. The van der Waals surface area contributed by atoms with Crippen molar-refractivity contribution in [3.05, 3.63) is 12.2 Å². The van der Waals surface area contributed by atoms with E-state index in [1.54, 1.807) is 0 Å². The van der Waals surface area contributed by atoms with Crippen LogP contribution in [-0.4, -0.2) is 59.8 Å². The fourth-order valence-corrected chi connectivity index (χ4v) is 6.61. The molecule has 1 aliphatic rings. The van der Waals surface area contributed by atoms with Crippen LogP contribution in [0.15, 0.2) is 12.2 Å². The normalized spacial score (nSPS) is 18.3. The van der Waals surface area contributed by atoms with Gasteiger partial charge in [-0.25, -0.2) is 0 Å². The van der Waals surface area contributed by atoms with Gasteiger partial charge in [-0.3, -0.25) is 9.59 Å². The van der Waals surface area contributed by atoms with E-state index >= 15 is 0 Å². The Morgan fingerprint density at radius 3 is 1.45 bits per heavy atom. The number of esters is 2. The average Bonchev–Trinajstić information content (AvgIpc) is 3.46. The molecule has 4 atom stereocenters. The number of carbonyl (C=O) groups excluding carboxylic acids is 2. The van der Waals surface area contributed by atoms with Crippen LogP contribution in [0, 0.1) is 0 Å². The van der Waals surface area contributed by atoms with Crippen LogP contribution in [-0.2, 0) is 23.8 Å². The van der Waals surface area contributed by atoms with Crippen LogP contribution in [0.1, 0.15) is 206 Å². The molecule has 1 aliphatic heterocycles. The molecule has 2 N–H and O–H groups in total. The van der Waals surface area contributed by atoms with E-state index in [1.807, 2.05) is 0 Å². The van der Waals surface area contributed by atoms with Gasteiger partial charge >= 0.3 is 11.9 Å². The van der Waals surface area contributed by atoms with Gasteiger partial charge in [0.2, 0.25) is 0 Å². The zero-order chi connectivity index (χ0) is 35.6. The Balaban J connectivity index is 1.97. The maximum Gasteiger partial charge on any atom is 0.306 e. The molecule has 1 fully saturated rings. The number of aliphatic hydroxyl groups excluding tert-OH is 2. The van der Waals surface area contributed by atoms with Crippen molar-refractivity contribution in [2.45, 2.75) is 231 Å². The molecule has 0 bridgehead atoms. The minimum atomic E-state index is -1.17. The molecule has 0 aromatic heterocycles. The standard InChI is InChI=1S/C42H78O7/c1-3-5-7-9-11-13-15-17-19-21-23-25-27-29-31-33-39(44)47-35-37(43)42-41(46)38(36-48-42)49-40(45)34-32-30-28-26-24-22-20-18-16-14-12-10-8-6-4-2/h17,19,37-38,41-43,46H,3-16,18,20-36H2,1-2H3/b19-17-/t37-,38+,41-,42-/m1/s1. The molecule has 49 heavy (non-hydrogen) atoms. The summed E-state index contributed by atoms with van der Waals surface area (Å²) < 4.78 is 16.2. The maximum absolute atomic E-state index is 12.3. The molecular formula is C42H78O7. The van der Waals surface area contributed by atoms with Crippen LogP contribution in [0.5, 0.6) is 0 Å². The Hall–Kier alpha value is -1.44. The summed E-state index contributed by atoms with van der Waals surface area (Å²) in [5, 5.41) is 21.1. The van der Waals surface area contributed by atoms with Crippen molar-refractivity contribution in [2.75, 3.05) is 13.2 Å². The monoisotopic (exact) mass is 695 g/mol. The second-order valence-corrected chi connectivity index (χ2v) is 14.6. The first-order valence-electron chi connectivity index (χ1n) is 21.0. The molecule has 0 aromatic rings. The summed E-state index contributed by atoms with van der Waals surface area (Å²) >= 11 is 0. The average molecular weight is 695 g/mol. The number of rotatable bonds is 35. The molecule has 7 heteroatoms. The van der Waals surface area contributed by atoms with E-state index in [9.17, 15) is 19.8 Å². The molecule has 0 spiro atoms. The summed E-state index contributed by atoms with van der Waals surface area (Å²) in [5.74, 6) is -0.695. The van der Waals surface area contributed by atoms with Gasteiger partial charge < -0.3 is 24.4 Å². The van der Waals surface area contributed by atoms with Crippen LogP contribution in [0.25, 0.3) is 0 Å². The lowest BCUT2D eigenvalue weighted by Gasteiger charge is -2.22. The number of unbranched alkanes of at least 4 members (excludes halogenated alkanes) is 25. The molecule has 7 nitrogen and oxygen atoms in total. The predicted octanol–water partition coefficient (Wildman–Crippen LogP) is 10.9. The van der Waals surface area contributed by atoms with Gasteiger partial charge in [-0.2, -0.15) is 0 Å². The first-order chi connectivity index (χ1) is 24.0. The fraction of sp³-hybridized carbons (Fsp3) is 0.905. The van der Waals surface area contributed by atoms with Gasteiger partial charge in [0.25, 0.3) is 0 Å². The van der Waals surface area contributed by atoms with Crippen molar-refractivity contribution in [3.63, 3.8) is 0 Å². The minimum absolute atomic E-state index is 0.0242. The van der Waals surface area contributed by atoms with Crippen molar-refractivity contribution in [3.8, 4) is 0 Å². The molecule has 0 radical (unpaired) electrons. The Labute approximate surface area is 301 Å². The van der Waals surface area contributed by atoms with Crippen molar-refractivity contribution in [1.82, 2.24) is 0 Å². The third-order valence-electron chi connectivity index (χ3n) is 9.87. The molecule has 1 rings (SSSR count). The van der Waals surface area contributed by atoms with E-state index in [-0.39, 0.29) is 25.2 Å². The lowest BCUT2D eigenvalue weighted by molar-refractivity contribution is -0.154. The summed E-state index contributed by atoms with van der Waals surface area (Å²) in [6, 6.07) is 0. The molecule has 0 aromatic carbocycles. The second-order valence-electron chi connectivity index (χ2n) is 14.6. The Bertz CT molecular complexity index is 785. The van der Waals surface area contributed by atoms with Gasteiger partial charge in [0, 0.05) is 12.8 Å². The highest BCUT2D eigenvalue weighted by molar-refractivity contribution is 5.69. The van der Waals surface area contributed by atoms with Crippen LogP contribution >= 0.6 is 0 Å². The van der Waals surface area contributed by atoms with Gasteiger partial charge in [0.15, 0.2) is 6.10 Å². The summed E-state index contributed by atoms with van der Waals surface area (Å²) in [5.41, 5.74) is 0. The van der Waals surface area contributed by atoms with E-state index in [0.29, 0.717) is 12.8 Å². The van der Waals surface area contributed by atoms with Crippen LogP contribution in [0.3, 0.4) is 0 Å². The number of hydrogen-bond acceptors (Lipinski definition) is 7. The highest BCUT2D eigenvalue weighted by Crippen LogP contribution is 2.22. The lowest BCUT2D eigenvalue weighted by atomic mass is 10.0. The lowest BCUT2D eigenvalue weighted by Crippen LogP contribution is -2.42. The summed E-state index contributed by atoms with van der Waals surface area (Å²) in [6.07, 6.45) is 35.8. The molecule has 0 aliphatic carbocycles. The highest BCUT2D eigenvalue weighted by atomic mass is 16.6. The Morgan fingerprint density at radius 1 is 0.612 bits per heavy atom. The van der Waals surface area contributed by atoms with Gasteiger partial charge in [-0.05, 0) is 38.5 Å². The Kier molecular flexibility index (Phi) is 31.3.